The van der Waals surface area contributed by atoms with Crippen LogP contribution in [0.4, 0.5) is 0 Å². The van der Waals surface area contributed by atoms with Crippen LogP contribution in [0.15, 0.2) is 0 Å². The van der Waals surface area contributed by atoms with Crippen molar-refractivity contribution in [2.24, 2.45) is 0 Å². The Balaban J connectivity index is 3.64. The third kappa shape index (κ3) is 2.50. The normalized spacial score (nSPS) is 8.29. The Morgan fingerprint density at radius 1 is 1.71 bits per heavy atom. The summed E-state index contributed by atoms with van der Waals surface area (Å²) in [6.45, 7) is 0. The lowest BCUT2D eigenvalue weighted by Gasteiger charge is -1.84. The van der Waals surface area contributed by atoms with E-state index in [4.69, 9.17) is 23.2 Å². The van der Waals surface area contributed by atoms with Crippen LogP contribution < -0.4 is 0 Å². The van der Waals surface area contributed by atoms with Gasteiger partial charge in [0.2, 0.25) is 5.78 Å². The van der Waals surface area contributed by atoms with Crippen LogP contribution in [0.5, 0.6) is 0 Å². The maximum Gasteiger partial charge on any atom is 0.238 e. The molecule has 0 saturated carbocycles. The second-order valence-corrected chi connectivity index (χ2v) is 1.91. The average Bonchev–Trinajstić information content (AvgIpc) is 1.65. The number of hydrogen-bond donors (Lipinski definition) is 0. The monoisotopic (exact) mass is 136 g/mol. The maximum absolute atomic E-state index is 10.0. The molecule has 0 saturated heterocycles. The number of carbonyl (C=O) groups is 1. The number of alkyl halides is 2. The Bertz CT molecular complexity index is 111. The van der Waals surface area contributed by atoms with Crippen molar-refractivity contribution in [1.82, 2.24) is 0 Å². The second kappa shape index (κ2) is 2.90. The summed E-state index contributed by atoms with van der Waals surface area (Å²) in [5, 5.41) is 0. The van der Waals surface area contributed by atoms with E-state index in [0.717, 1.165) is 0 Å². The van der Waals surface area contributed by atoms with Crippen molar-refractivity contribution in [3.63, 3.8) is 0 Å². The molecule has 0 atom stereocenters. The molecular weight excluding hydrogens is 135 g/mol. The van der Waals surface area contributed by atoms with Crippen molar-refractivity contribution in [2.75, 3.05) is 0 Å². The smallest absolute Gasteiger partial charge is 0.238 e. The van der Waals surface area contributed by atoms with Gasteiger partial charge in [-0.15, -0.1) is 6.42 Å². The number of Topliss-reactive ketones (excluding diaryl/α,β-unsaturated/α-hetero) is 1. The van der Waals surface area contributed by atoms with Crippen LogP contribution in [0, 0.1) is 12.3 Å². The minimum atomic E-state index is -1.06. The highest BCUT2D eigenvalue weighted by atomic mass is 35.5. The molecule has 0 radical (unpaired) electrons. The Morgan fingerprint density at radius 2 is 2.14 bits per heavy atom. The lowest BCUT2D eigenvalue weighted by Crippen LogP contribution is -2.02. The summed E-state index contributed by atoms with van der Waals surface area (Å²) in [6.07, 6.45) is 4.60. The Labute approximate surface area is 51.6 Å². The number of carbonyl (C=O) groups excluding carboxylic acids is 1. The fourth-order valence-corrected chi connectivity index (χ4v) is 0.189. The summed E-state index contributed by atoms with van der Waals surface area (Å²) >= 11 is 10.0. The minimum Gasteiger partial charge on any atom is -0.282 e. The number of halogens is 2. The van der Waals surface area contributed by atoms with E-state index < -0.39 is 10.6 Å². The zero-order valence-corrected chi connectivity index (χ0v) is 4.83. The maximum atomic E-state index is 10.0. The van der Waals surface area contributed by atoms with Gasteiger partial charge >= 0.3 is 0 Å². The van der Waals surface area contributed by atoms with Gasteiger partial charge in [0.25, 0.3) is 0 Å². The lowest BCUT2D eigenvalue weighted by atomic mass is 10.5. The molecule has 0 aromatic heterocycles. The van der Waals surface area contributed by atoms with Gasteiger partial charge in [0.05, 0.1) is 0 Å². The van der Waals surface area contributed by atoms with Gasteiger partial charge in [0.15, 0.2) is 4.84 Å². The van der Waals surface area contributed by atoms with E-state index in [1.165, 1.54) is 0 Å². The predicted octanol–water partition coefficient (Wildman–Crippen LogP) is 0.992. The van der Waals surface area contributed by atoms with Crippen LogP contribution in [-0.2, 0) is 4.79 Å². The molecule has 0 bridgehead atoms. The van der Waals surface area contributed by atoms with Gasteiger partial charge in [-0.25, -0.2) is 0 Å². The highest BCUT2D eigenvalue weighted by Crippen LogP contribution is 2.00. The van der Waals surface area contributed by atoms with Gasteiger partial charge in [-0.05, 0) is 5.92 Å². The SMILES string of the molecule is C#CC(=O)C(Cl)Cl. The standard InChI is InChI=1S/C4H2Cl2O/c1-2-3(7)4(5)6/h1,4H. The van der Waals surface area contributed by atoms with Gasteiger partial charge in [0.1, 0.15) is 0 Å². The van der Waals surface area contributed by atoms with E-state index in [2.05, 4.69) is 6.42 Å². The summed E-state index contributed by atoms with van der Waals surface area (Å²) in [5.74, 6) is 1.17. The number of hydrogen-bond acceptors (Lipinski definition) is 1. The van der Waals surface area contributed by atoms with E-state index in [1.807, 2.05) is 0 Å². The van der Waals surface area contributed by atoms with Crippen molar-refractivity contribution in [3.05, 3.63) is 0 Å². The number of rotatable bonds is 1. The first kappa shape index (κ1) is 6.81. The van der Waals surface area contributed by atoms with Crippen LogP contribution in [0.2, 0.25) is 0 Å². The topological polar surface area (TPSA) is 17.1 Å². The fourth-order valence-electron chi connectivity index (χ4n) is 0.0630. The molecule has 0 aliphatic rings. The van der Waals surface area contributed by atoms with Gasteiger partial charge in [-0.1, -0.05) is 23.2 Å². The quantitative estimate of drug-likeness (QED) is 0.299. The Kier molecular flexibility index (Phi) is 2.82. The molecule has 0 fully saturated rings. The van der Waals surface area contributed by atoms with Crippen LogP contribution >= 0.6 is 23.2 Å². The van der Waals surface area contributed by atoms with Crippen molar-refractivity contribution < 1.29 is 4.79 Å². The van der Waals surface area contributed by atoms with Crippen molar-refractivity contribution >= 4 is 29.0 Å². The van der Waals surface area contributed by atoms with E-state index >= 15 is 0 Å². The molecule has 0 amide bonds. The molecule has 0 aliphatic heterocycles. The second-order valence-electron chi connectivity index (χ2n) is 0.809. The molecule has 0 N–H and O–H groups in total. The third-order valence-electron chi connectivity index (χ3n) is 0.340. The van der Waals surface area contributed by atoms with Gasteiger partial charge < -0.3 is 0 Å². The Morgan fingerprint density at radius 3 is 2.14 bits per heavy atom. The largest absolute Gasteiger partial charge is 0.282 e. The summed E-state index contributed by atoms with van der Waals surface area (Å²) in [6, 6.07) is 0. The summed E-state index contributed by atoms with van der Waals surface area (Å²) in [5.41, 5.74) is 0. The zero-order chi connectivity index (χ0) is 5.86. The van der Waals surface area contributed by atoms with Crippen molar-refractivity contribution in [3.8, 4) is 12.3 Å². The first-order chi connectivity index (χ1) is 3.18. The highest BCUT2D eigenvalue weighted by molar-refractivity contribution is 6.55. The van der Waals surface area contributed by atoms with Crippen LogP contribution in [-0.4, -0.2) is 10.6 Å². The molecule has 3 heteroatoms. The highest BCUT2D eigenvalue weighted by Gasteiger charge is 2.05. The first-order valence-corrected chi connectivity index (χ1v) is 2.34. The molecule has 0 rings (SSSR count). The average molecular weight is 137 g/mol. The molecule has 7 heavy (non-hydrogen) atoms. The van der Waals surface area contributed by atoms with Crippen LogP contribution in [0.3, 0.4) is 0 Å². The molecule has 0 aliphatic carbocycles. The van der Waals surface area contributed by atoms with Gasteiger partial charge in [-0.3, -0.25) is 4.79 Å². The van der Waals surface area contributed by atoms with E-state index in [-0.39, 0.29) is 0 Å². The van der Waals surface area contributed by atoms with Crippen LogP contribution in [0.1, 0.15) is 0 Å². The van der Waals surface area contributed by atoms with E-state index in [9.17, 15) is 4.79 Å². The summed E-state index contributed by atoms with van der Waals surface area (Å²) in [4.78, 5) is 8.95. The van der Waals surface area contributed by atoms with Gasteiger partial charge in [-0.2, -0.15) is 0 Å². The molecular formula is C4H2Cl2O. The minimum absolute atomic E-state index is 0.594. The lowest BCUT2D eigenvalue weighted by molar-refractivity contribution is -0.112. The Hall–Kier alpha value is -0.190. The number of terminal acetylenes is 1. The fraction of sp³-hybridized carbons (Fsp3) is 0.250. The molecule has 0 aromatic rings. The predicted molar refractivity (Wildman–Crippen MR) is 29.3 cm³/mol. The zero-order valence-electron chi connectivity index (χ0n) is 3.32. The molecule has 1 nitrogen and oxygen atoms in total. The van der Waals surface area contributed by atoms with Crippen molar-refractivity contribution in [2.45, 2.75) is 4.84 Å². The van der Waals surface area contributed by atoms with Crippen molar-refractivity contribution in [1.29, 1.82) is 0 Å². The van der Waals surface area contributed by atoms with Gasteiger partial charge in [0, 0.05) is 0 Å². The first-order valence-electron chi connectivity index (χ1n) is 1.47. The molecule has 0 heterocycles. The summed E-state index contributed by atoms with van der Waals surface area (Å²) < 4.78 is 0. The number of ketones is 1. The van der Waals surface area contributed by atoms with E-state index in [0.29, 0.717) is 0 Å². The molecule has 0 spiro atoms. The van der Waals surface area contributed by atoms with Crippen LogP contribution in [0.25, 0.3) is 0 Å². The molecule has 0 unspecified atom stereocenters. The van der Waals surface area contributed by atoms with E-state index in [1.54, 1.807) is 5.92 Å². The molecule has 0 aromatic carbocycles. The third-order valence-corrected chi connectivity index (χ3v) is 0.737. The summed E-state index contributed by atoms with van der Waals surface area (Å²) in [7, 11) is 0. The molecule has 38 valence electrons.